The molecule has 1 rings (SSSR count). The maximum Gasteiger partial charge on any atom is 0.405 e. The van der Waals surface area contributed by atoms with E-state index < -0.39 is 11.9 Å². The quantitative estimate of drug-likeness (QED) is 0.306. The van der Waals surface area contributed by atoms with Crippen molar-refractivity contribution >= 4 is 12.4 Å². The molecule has 0 aliphatic rings. The molecule has 6 nitrogen and oxygen atoms in total. The fourth-order valence-electron chi connectivity index (χ4n) is 1.42. The van der Waals surface area contributed by atoms with E-state index in [0.717, 1.165) is 5.56 Å². The smallest absolute Gasteiger partial charge is 0.389 e. The molecule has 1 unspecified atom stereocenters. The van der Waals surface area contributed by atoms with Gasteiger partial charge in [-0.15, -0.1) is 0 Å². The van der Waals surface area contributed by atoms with Gasteiger partial charge in [0.2, 0.25) is 0 Å². The monoisotopic (exact) mass is 268 g/mol. The van der Waals surface area contributed by atoms with Crippen LogP contribution in [0.2, 0.25) is 0 Å². The highest BCUT2D eigenvalue weighted by atomic mass is 16.9. The second-order valence-electron chi connectivity index (χ2n) is 3.47. The molecule has 0 radical (unpaired) electrons. The summed E-state index contributed by atoms with van der Waals surface area (Å²) < 4.78 is 19.7. The molecule has 1 aromatic rings. The molecule has 19 heavy (non-hydrogen) atoms. The van der Waals surface area contributed by atoms with E-state index in [1.54, 1.807) is 6.92 Å². The van der Waals surface area contributed by atoms with E-state index in [1.807, 2.05) is 30.3 Å². The first-order chi connectivity index (χ1) is 9.18. The van der Waals surface area contributed by atoms with Crippen molar-refractivity contribution in [1.82, 2.24) is 0 Å². The predicted molar refractivity (Wildman–Crippen MR) is 64.8 cm³/mol. The maximum atomic E-state index is 11.7. The number of hydrogen-bond donors (Lipinski definition) is 0. The minimum atomic E-state index is -2.04. The molecule has 0 bridgehead atoms. The van der Waals surface area contributed by atoms with Crippen LogP contribution < -0.4 is 0 Å². The van der Waals surface area contributed by atoms with Gasteiger partial charge in [0.15, 0.2) is 0 Å². The second kappa shape index (κ2) is 7.63. The molecule has 0 aliphatic carbocycles. The van der Waals surface area contributed by atoms with Crippen LogP contribution in [0.4, 0.5) is 0 Å². The Balaban J connectivity index is 2.78. The van der Waals surface area contributed by atoms with Crippen molar-refractivity contribution in [2.75, 3.05) is 13.7 Å². The van der Waals surface area contributed by atoms with Gasteiger partial charge in [-0.05, 0) is 12.5 Å². The average Bonchev–Trinajstić information content (AvgIpc) is 2.45. The van der Waals surface area contributed by atoms with Crippen molar-refractivity contribution in [1.29, 1.82) is 0 Å². The number of rotatable bonds is 8. The highest BCUT2D eigenvalue weighted by molar-refractivity contribution is 5.81. The number of carbonyl (C=O) groups excluding carboxylic acids is 2. The molecular formula is C13H16O6. The minimum absolute atomic E-state index is 0.000993. The van der Waals surface area contributed by atoms with Gasteiger partial charge in [0.25, 0.3) is 0 Å². The summed E-state index contributed by atoms with van der Waals surface area (Å²) in [6.07, 6.45) is 0. The Morgan fingerprint density at radius 2 is 1.95 bits per heavy atom. The van der Waals surface area contributed by atoms with E-state index in [2.05, 4.69) is 4.74 Å². The summed E-state index contributed by atoms with van der Waals surface area (Å²) in [5.74, 6) is -3.09. The first kappa shape index (κ1) is 15.3. The highest BCUT2D eigenvalue weighted by Gasteiger charge is 2.44. The molecule has 6 heteroatoms. The minimum Gasteiger partial charge on any atom is -0.389 e. The van der Waals surface area contributed by atoms with E-state index in [1.165, 1.54) is 7.11 Å². The fraction of sp³-hybridized carbons (Fsp3) is 0.385. The van der Waals surface area contributed by atoms with Crippen LogP contribution in [0.25, 0.3) is 0 Å². The van der Waals surface area contributed by atoms with Gasteiger partial charge in [-0.2, -0.15) is 0 Å². The third kappa shape index (κ3) is 4.13. The molecule has 0 spiro atoms. The molecule has 0 aliphatic heterocycles. The van der Waals surface area contributed by atoms with E-state index in [9.17, 15) is 9.59 Å². The van der Waals surface area contributed by atoms with E-state index in [4.69, 9.17) is 14.2 Å². The number of methoxy groups -OCH3 is 1. The number of esters is 1. The zero-order valence-corrected chi connectivity index (χ0v) is 10.8. The zero-order chi connectivity index (χ0) is 14.1. The number of hydrogen-bond acceptors (Lipinski definition) is 6. The van der Waals surface area contributed by atoms with Crippen molar-refractivity contribution in [2.45, 2.75) is 19.5 Å². The molecule has 104 valence electrons. The largest absolute Gasteiger partial charge is 0.405 e. The lowest BCUT2D eigenvalue weighted by atomic mass is 10.2. The van der Waals surface area contributed by atoms with Gasteiger partial charge in [0.05, 0.1) is 13.2 Å². The SMILES string of the molecule is CCOC(OC)(OCc1ccccc1)C(=O)OC=O. The third-order valence-corrected chi connectivity index (χ3v) is 2.28. The summed E-state index contributed by atoms with van der Waals surface area (Å²) in [6, 6.07) is 9.15. The Kier molecular flexibility index (Phi) is 6.14. The molecule has 0 heterocycles. The van der Waals surface area contributed by atoms with Crippen LogP contribution in [-0.2, 0) is 35.1 Å². The Morgan fingerprint density at radius 1 is 1.26 bits per heavy atom. The molecule has 0 aromatic heterocycles. The molecule has 1 aromatic carbocycles. The van der Waals surface area contributed by atoms with Gasteiger partial charge in [0, 0.05) is 7.11 Å². The van der Waals surface area contributed by atoms with Crippen molar-refractivity contribution in [3.8, 4) is 0 Å². The van der Waals surface area contributed by atoms with Gasteiger partial charge in [-0.1, -0.05) is 30.3 Å². The molecule has 0 N–H and O–H groups in total. The number of benzene rings is 1. The third-order valence-electron chi connectivity index (χ3n) is 2.28. The van der Waals surface area contributed by atoms with E-state index in [0.29, 0.717) is 0 Å². The van der Waals surface area contributed by atoms with Gasteiger partial charge < -0.3 is 18.9 Å². The molecular weight excluding hydrogens is 252 g/mol. The fourth-order valence-corrected chi connectivity index (χ4v) is 1.42. The Morgan fingerprint density at radius 3 is 2.47 bits per heavy atom. The Bertz CT molecular complexity index is 405. The average molecular weight is 268 g/mol. The van der Waals surface area contributed by atoms with Crippen LogP contribution in [0.1, 0.15) is 12.5 Å². The van der Waals surface area contributed by atoms with E-state index in [-0.39, 0.29) is 19.7 Å². The summed E-state index contributed by atoms with van der Waals surface area (Å²) in [5, 5.41) is 0. The Labute approximate surface area is 111 Å². The standard InChI is InChI=1S/C13H16O6/c1-3-18-13(16-2,12(15)17-10-14)19-9-11-7-5-4-6-8-11/h4-8,10H,3,9H2,1-2H3. The predicted octanol–water partition coefficient (Wildman–Crippen LogP) is 1.24. The normalized spacial score (nSPS) is 13.6. The topological polar surface area (TPSA) is 71.1 Å². The molecule has 0 amide bonds. The summed E-state index contributed by atoms with van der Waals surface area (Å²) in [7, 11) is 1.23. The van der Waals surface area contributed by atoms with Crippen LogP contribution in [0.5, 0.6) is 0 Å². The highest BCUT2D eigenvalue weighted by Crippen LogP contribution is 2.19. The maximum absolute atomic E-state index is 11.7. The van der Waals surface area contributed by atoms with Crippen molar-refractivity contribution in [3.05, 3.63) is 35.9 Å². The summed E-state index contributed by atoms with van der Waals surface area (Å²) in [5.41, 5.74) is 0.822. The summed E-state index contributed by atoms with van der Waals surface area (Å²) >= 11 is 0. The number of ether oxygens (including phenoxy) is 4. The van der Waals surface area contributed by atoms with Gasteiger partial charge in [-0.25, -0.2) is 4.79 Å². The van der Waals surface area contributed by atoms with Crippen LogP contribution in [0.3, 0.4) is 0 Å². The van der Waals surface area contributed by atoms with Crippen LogP contribution >= 0.6 is 0 Å². The van der Waals surface area contributed by atoms with E-state index >= 15 is 0 Å². The van der Waals surface area contributed by atoms with Crippen LogP contribution in [-0.4, -0.2) is 32.1 Å². The first-order valence-corrected chi connectivity index (χ1v) is 5.70. The van der Waals surface area contributed by atoms with Crippen molar-refractivity contribution in [2.24, 2.45) is 0 Å². The lowest BCUT2D eigenvalue weighted by Gasteiger charge is -2.27. The second-order valence-corrected chi connectivity index (χ2v) is 3.47. The van der Waals surface area contributed by atoms with Gasteiger partial charge in [-0.3, -0.25) is 4.79 Å². The van der Waals surface area contributed by atoms with Crippen LogP contribution in [0, 0.1) is 0 Å². The lowest BCUT2D eigenvalue weighted by Crippen LogP contribution is -2.47. The van der Waals surface area contributed by atoms with Gasteiger partial charge in [0.1, 0.15) is 0 Å². The summed E-state index contributed by atoms with van der Waals surface area (Å²) in [4.78, 5) is 21.9. The first-order valence-electron chi connectivity index (χ1n) is 5.70. The molecule has 1 atom stereocenters. The van der Waals surface area contributed by atoms with Crippen molar-refractivity contribution in [3.63, 3.8) is 0 Å². The van der Waals surface area contributed by atoms with Gasteiger partial charge >= 0.3 is 18.4 Å². The van der Waals surface area contributed by atoms with Crippen LogP contribution in [0.15, 0.2) is 30.3 Å². The molecule has 0 saturated carbocycles. The lowest BCUT2D eigenvalue weighted by molar-refractivity contribution is -0.357. The molecule has 0 fully saturated rings. The number of carbonyl (C=O) groups is 2. The molecule has 0 saturated heterocycles. The zero-order valence-electron chi connectivity index (χ0n) is 10.8. The summed E-state index contributed by atoms with van der Waals surface area (Å²) in [6.45, 7) is 1.88. The van der Waals surface area contributed by atoms with Crippen molar-refractivity contribution < 1.29 is 28.5 Å². The Hall–Kier alpha value is -1.76.